The highest BCUT2D eigenvalue weighted by molar-refractivity contribution is 5.99. The Morgan fingerprint density at radius 2 is 2.08 bits per heavy atom. The van der Waals surface area contributed by atoms with Gasteiger partial charge >= 0.3 is 5.69 Å². The zero-order valence-corrected chi connectivity index (χ0v) is 13.4. The van der Waals surface area contributed by atoms with E-state index in [1.54, 1.807) is 10.8 Å². The van der Waals surface area contributed by atoms with Crippen LogP contribution in [0.3, 0.4) is 0 Å². The Bertz CT molecular complexity index is 1080. The molecular formula is C17H16N6O. The van der Waals surface area contributed by atoms with Crippen molar-refractivity contribution >= 4 is 33.6 Å². The molecule has 0 fully saturated rings. The third-order valence-corrected chi connectivity index (χ3v) is 4.14. The monoisotopic (exact) mass is 320 g/mol. The van der Waals surface area contributed by atoms with Crippen LogP contribution in [0.4, 0.5) is 11.6 Å². The summed E-state index contributed by atoms with van der Waals surface area (Å²) in [5.41, 5.74) is 2.30. The van der Waals surface area contributed by atoms with E-state index in [0.717, 1.165) is 33.6 Å². The molecule has 24 heavy (non-hydrogen) atoms. The molecule has 7 nitrogen and oxygen atoms in total. The van der Waals surface area contributed by atoms with E-state index in [4.69, 9.17) is 0 Å². The molecule has 0 spiro atoms. The maximum atomic E-state index is 12.0. The summed E-state index contributed by atoms with van der Waals surface area (Å²) < 4.78 is 1.69. The van der Waals surface area contributed by atoms with E-state index in [2.05, 4.69) is 19.9 Å². The summed E-state index contributed by atoms with van der Waals surface area (Å²) in [6.45, 7) is 2.55. The number of nitrogens with one attached hydrogen (secondary N) is 1. The van der Waals surface area contributed by atoms with Crippen LogP contribution in [0.15, 0.2) is 47.7 Å². The number of pyridine rings is 1. The van der Waals surface area contributed by atoms with Gasteiger partial charge in [-0.05, 0) is 31.2 Å². The largest absolute Gasteiger partial charge is 0.326 e. The number of aryl methyl sites for hydroxylation is 1. The molecule has 0 saturated heterocycles. The SMILES string of the molecule is CCn1c(=O)[nH]c2cc3c(N(C)c4ccccn4)ncnc3cc21. The average Bonchev–Trinajstić information content (AvgIpc) is 2.93. The van der Waals surface area contributed by atoms with Crippen molar-refractivity contribution in [2.45, 2.75) is 13.5 Å². The van der Waals surface area contributed by atoms with E-state index in [-0.39, 0.29) is 5.69 Å². The molecule has 0 aliphatic heterocycles. The van der Waals surface area contributed by atoms with Crippen LogP contribution >= 0.6 is 0 Å². The zero-order valence-electron chi connectivity index (χ0n) is 13.4. The molecule has 0 amide bonds. The second-order valence-corrected chi connectivity index (χ2v) is 5.51. The fraction of sp³-hybridized carbons (Fsp3) is 0.176. The number of rotatable bonds is 3. The normalized spacial score (nSPS) is 11.2. The number of imidazole rings is 1. The van der Waals surface area contributed by atoms with E-state index in [1.165, 1.54) is 6.33 Å². The van der Waals surface area contributed by atoms with Gasteiger partial charge in [0, 0.05) is 25.2 Å². The standard InChI is InChI=1S/C17H16N6O/c1-3-23-14-9-12-11(8-13(14)21-17(23)24)16(20-10-19-12)22(2)15-6-4-5-7-18-15/h4-10H,3H2,1-2H3,(H,21,24). The van der Waals surface area contributed by atoms with Crippen LogP contribution in [0.25, 0.3) is 21.9 Å². The van der Waals surface area contributed by atoms with E-state index in [1.807, 2.05) is 49.2 Å². The molecule has 4 rings (SSSR count). The Morgan fingerprint density at radius 1 is 1.21 bits per heavy atom. The number of anilines is 2. The number of fused-ring (bicyclic) bond motifs is 2. The van der Waals surface area contributed by atoms with Gasteiger partial charge in [-0.2, -0.15) is 0 Å². The van der Waals surface area contributed by atoms with E-state index < -0.39 is 0 Å². The highest BCUT2D eigenvalue weighted by atomic mass is 16.1. The van der Waals surface area contributed by atoms with Crippen LogP contribution < -0.4 is 10.6 Å². The van der Waals surface area contributed by atoms with E-state index in [0.29, 0.717) is 6.54 Å². The molecule has 0 atom stereocenters. The number of aromatic nitrogens is 5. The van der Waals surface area contributed by atoms with Gasteiger partial charge in [0.05, 0.1) is 16.6 Å². The smallest absolute Gasteiger partial charge is 0.314 e. The van der Waals surface area contributed by atoms with Crippen molar-refractivity contribution in [3.8, 4) is 0 Å². The Hall–Kier alpha value is -3.22. The molecule has 7 heteroatoms. The number of nitrogens with zero attached hydrogens (tertiary/aromatic N) is 5. The van der Waals surface area contributed by atoms with Gasteiger partial charge in [0.15, 0.2) is 0 Å². The molecule has 3 heterocycles. The Labute approximate surface area is 137 Å². The molecule has 0 bridgehead atoms. The predicted molar refractivity (Wildman–Crippen MR) is 93.6 cm³/mol. The maximum absolute atomic E-state index is 12.0. The first-order valence-corrected chi connectivity index (χ1v) is 7.71. The summed E-state index contributed by atoms with van der Waals surface area (Å²) in [5, 5.41) is 0.864. The quantitative estimate of drug-likeness (QED) is 0.627. The van der Waals surface area contributed by atoms with Crippen LogP contribution in [0.1, 0.15) is 6.92 Å². The molecule has 0 aliphatic carbocycles. The minimum atomic E-state index is -0.115. The number of hydrogen-bond donors (Lipinski definition) is 1. The molecule has 0 unspecified atom stereocenters. The first-order valence-electron chi connectivity index (χ1n) is 7.71. The fourth-order valence-electron chi connectivity index (χ4n) is 2.94. The van der Waals surface area contributed by atoms with Gasteiger partial charge < -0.3 is 9.88 Å². The molecule has 120 valence electrons. The van der Waals surface area contributed by atoms with Crippen molar-refractivity contribution in [1.82, 2.24) is 24.5 Å². The van der Waals surface area contributed by atoms with Gasteiger partial charge in [-0.3, -0.25) is 4.57 Å². The number of benzene rings is 1. The maximum Gasteiger partial charge on any atom is 0.326 e. The molecule has 1 N–H and O–H groups in total. The minimum Gasteiger partial charge on any atom is -0.314 e. The number of H-pyrrole nitrogens is 1. The summed E-state index contributed by atoms with van der Waals surface area (Å²) in [5.74, 6) is 1.53. The van der Waals surface area contributed by atoms with Crippen molar-refractivity contribution in [3.63, 3.8) is 0 Å². The molecule has 4 aromatic rings. The lowest BCUT2D eigenvalue weighted by Gasteiger charge is -2.18. The van der Waals surface area contributed by atoms with E-state index >= 15 is 0 Å². The summed E-state index contributed by atoms with van der Waals surface area (Å²) in [4.78, 5) is 30.0. The Balaban J connectivity index is 1.97. The van der Waals surface area contributed by atoms with Crippen LogP contribution in [-0.2, 0) is 6.54 Å². The van der Waals surface area contributed by atoms with Crippen LogP contribution in [-0.4, -0.2) is 31.6 Å². The summed E-state index contributed by atoms with van der Waals surface area (Å²) in [6, 6.07) is 9.56. The molecular weight excluding hydrogens is 304 g/mol. The van der Waals surface area contributed by atoms with Crippen molar-refractivity contribution in [1.29, 1.82) is 0 Å². The van der Waals surface area contributed by atoms with Crippen molar-refractivity contribution in [2.24, 2.45) is 0 Å². The Kier molecular flexibility index (Phi) is 3.26. The highest BCUT2D eigenvalue weighted by Gasteiger charge is 2.14. The topological polar surface area (TPSA) is 79.7 Å². The first kappa shape index (κ1) is 14.4. The Morgan fingerprint density at radius 3 is 2.83 bits per heavy atom. The average molecular weight is 320 g/mol. The summed E-state index contributed by atoms with van der Waals surface area (Å²) in [6.07, 6.45) is 3.27. The number of aromatic amines is 1. The zero-order chi connectivity index (χ0) is 16.7. The van der Waals surface area contributed by atoms with Gasteiger partial charge in [-0.25, -0.2) is 19.7 Å². The van der Waals surface area contributed by atoms with E-state index in [9.17, 15) is 4.79 Å². The molecule has 0 radical (unpaired) electrons. The second-order valence-electron chi connectivity index (χ2n) is 5.51. The second kappa shape index (κ2) is 5.45. The lowest BCUT2D eigenvalue weighted by molar-refractivity contribution is 0.753. The lowest BCUT2D eigenvalue weighted by Crippen LogP contribution is -2.15. The summed E-state index contributed by atoms with van der Waals surface area (Å²) in [7, 11) is 1.91. The third-order valence-electron chi connectivity index (χ3n) is 4.14. The number of hydrogen-bond acceptors (Lipinski definition) is 5. The lowest BCUT2D eigenvalue weighted by atomic mass is 10.2. The van der Waals surface area contributed by atoms with Crippen LogP contribution in [0, 0.1) is 0 Å². The summed E-state index contributed by atoms with van der Waals surface area (Å²) >= 11 is 0. The minimum absolute atomic E-state index is 0.115. The van der Waals surface area contributed by atoms with Crippen LogP contribution in [0.5, 0.6) is 0 Å². The van der Waals surface area contributed by atoms with Crippen molar-refractivity contribution in [2.75, 3.05) is 11.9 Å². The first-order chi connectivity index (χ1) is 11.7. The highest BCUT2D eigenvalue weighted by Crippen LogP contribution is 2.29. The van der Waals surface area contributed by atoms with Gasteiger partial charge in [0.25, 0.3) is 0 Å². The van der Waals surface area contributed by atoms with Gasteiger partial charge in [0.2, 0.25) is 0 Å². The van der Waals surface area contributed by atoms with Gasteiger partial charge in [-0.1, -0.05) is 6.07 Å². The predicted octanol–water partition coefficient (Wildman–Crippen LogP) is 2.46. The molecule has 1 aromatic carbocycles. The van der Waals surface area contributed by atoms with Gasteiger partial charge in [-0.15, -0.1) is 0 Å². The van der Waals surface area contributed by atoms with Crippen LogP contribution in [0.2, 0.25) is 0 Å². The fourth-order valence-corrected chi connectivity index (χ4v) is 2.94. The van der Waals surface area contributed by atoms with Crippen molar-refractivity contribution in [3.05, 3.63) is 53.3 Å². The third kappa shape index (κ3) is 2.13. The molecule has 0 saturated carbocycles. The van der Waals surface area contributed by atoms with Crippen molar-refractivity contribution < 1.29 is 0 Å². The molecule has 3 aromatic heterocycles. The molecule has 0 aliphatic rings. The van der Waals surface area contributed by atoms with Gasteiger partial charge in [0.1, 0.15) is 18.0 Å².